The molecule has 9 nitrogen and oxygen atoms in total. The van der Waals surface area contributed by atoms with E-state index in [4.69, 9.17) is 9.47 Å². The maximum Gasteiger partial charge on any atom is 0.264 e. The van der Waals surface area contributed by atoms with Gasteiger partial charge in [0.1, 0.15) is 18.0 Å². The Balaban J connectivity index is 1.35. The van der Waals surface area contributed by atoms with Crippen LogP contribution in [-0.4, -0.2) is 46.0 Å². The van der Waals surface area contributed by atoms with Gasteiger partial charge in [0.05, 0.1) is 27.9 Å². The highest BCUT2D eigenvalue weighted by Crippen LogP contribution is 2.28. The molecule has 0 spiro atoms. The van der Waals surface area contributed by atoms with E-state index in [0.29, 0.717) is 24.7 Å². The van der Waals surface area contributed by atoms with Crippen LogP contribution in [0.4, 0.5) is 11.4 Å². The summed E-state index contributed by atoms with van der Waals surface area (Å²) in [5, 5.41) is 5.58. The number of para-hydroxylation sites is 2. The Morgan fingerprint density at radius 2 is 1.48 bits per heavy atom. The second kappa shape index (κ2) is 13.3. The van der Waals surface area contributed by atoms with Crippen molar-refractivity contribution in [1.29, 1.82) is 0 Å². The molecule has 42 heavy (non-hydrogen) atoms. The van der Waals surface area contributed by atoms with Crippen molar-refractivity contribution >= 4 is 33.2 Å². The Morgan fingerprint density at radius 1 is 0.833 bits per heavy atom. The van der Waals surface area contributed by atoms with Crippen molar-refractivity contribution in [2.45, 2.75) is 23.8 Å². The van der Waals surface area contributed by atoms with Crippen LogP contribution in [0.1, 0.15) is 23.2 Å². The van der Waals surface area contributed by atoms with Crippen LogP contribution in [0.5, 0.6) is 11.5 Å². The molecule has 5 rings (SSSR count). The number of benzene rings is 4. The Bertz CT molecular complexity index is 1610. The van der Waals surface area contributed by atoms with Gasteiger partial charge in [-0.1, -0.05) is 48.5 Å². The highest BCUT2D eigenvalue weighted by Gasteiger charge is 2.28. The fourth-order valence-corrected chi connectivity index (χ4v) is 6.00. The van der Waals surface area contributed by atoms with Gasteiger partial charge in [0.2, 0.25) is 5.91 Å². The zero-order valence-corrected chi connectivity index (χ0v) is 23.6. The standard InChI is InChI=1S/C32H31N3O6S/c36-31(34-30-16-8-7-15-29(30)32(37)33-22-27-12-9-21-40-27)23-35(42(38,39)28-13-5-2-6-14-28)24-17-19-26(20-18-24)41-25-10-3-1-4-11-25/h1-8,10-11,13-20,27H,9,12,21-23H2,(H,33,37)(H,34,36)/t27-/m1/s1. The van der Waals surface area contributed by atoms with Crippen molar-refractivity contribution in [3.8, 4) is 11.5 Å². The Morgan fingerprint density at radius 3 is 2.17 bits per heavy atom. The first kappa shape index (κ1) is 28.8. The number of hydrogen-bond acceptors (Lipinski definition) is 6. The molecule has 10 heteroatoms. The molecule has 4 aromatic carbocycles. The van der Waals surface area contributed by atoms with Gasteiger partial charge in [-0.3, -0.25) is 13.9 Å². The SMILES string of the molecule is O=C(CN(c1ccc(Oc2ccccc2)cc1)S(=O)(=O)c1ccccc1)Nc1ccccc1C(=O)NC[C@H]1CCCO1. The maximum absolute atomic E-state index is 13.7. The molecule has 216 valence electrons. The Labute approximate surface area is 245 Å². The second-order valence-corrected chi connectivity index (χ2v) is 11.5. The molecule has 1 atom stereocenters. The summed E-state index contributed by atoms with van der Waals surface area (Å²) < 4.78 is 39.9. The topological polar surface area (TPSA) is 114 Å². The van der Waals surface area contributed by atoms with E-state index in [1.165, 1.54) is 12.1 Å². The normalized spacial score (nSPS) is 14.6. The molecule has 0 radical (unpaired) electrons. The van der Waals surface area contributed by atoms with Gasteiger partial charge in [-0.05, 0) is 73.5 Å². The molecule has 0 aliphatic carbocycles. The van der Waals surface area contributed by atoms with E-state index in [1.807, 2.05) is 30.3 Å². The summed E-state index contributed by atoms with van der Waals surface area (Å²) in [4.78, 5) is 26.3. The molecule has 1 aliphatic rings. The summed E-state index contributed by atoms with van der Waals surface area (Å²) >= 11 is 0. The summed E-state index contributed by atoms with van der Waals surface area (Å²) in [7, 11) is -4.12. The zero-order valence-electron chi connectivity index (χ0n) is 22.8. The summed E-state index contributed by atoms with van der Waals surface area (Å²) in [5.74, 6) is 0.175. The summed E-state index contributed by atoms with van der Waals surface area (Å²) in [6.07, 6.45) is 1.80. The summed E-state index contributed by atoms with van der Waals surface area (Å²) in [6.45, 7) is 0.522. The number of anilines is 2. The quantitative estimate of drug-likeness (QED) is 0.250. The van der Waals surface area contributed by atoms with E-state index in [-0.39, 0.29) is 33.8 Å². The van der Waals surface area contributed by atoms with Gasteiger partial charge in [0, 0.05) is 13.2 Å². The molecule has 2 N–H and O–H groups in total. The van der Waals surface area contributed by atoms with Gasteiger partial charge in [0.25, 0.3) is 15.9 Å². The lowest BCUT2D eigenvalue weighted by atomic mass is 10.1. The minimum absolute atomic E-state index is 0.0306. The van der Waals surface area contributed by atoms with Crippen LogP contribution in [0.2, 0.25) is 0 Å². The van der Waals surface area contributed by atoms with Crippen molar-refractivity contribution < 1.29 is 27.5 Å². The molecule has 1 saturated heterocycles. The fourth-order valence-electron chi connectivity index (χ4n) is 4.56. The van der Waals surface area contributed by atoms with Crippen molar-refractivity contribution in [1.82, 2.24) is 5.32 Å². The molecule has 0 aromatic heterocycles. The highest BCUT2D eigenvalue weighted by atomic mass is 32.2. The maximum atomic E-state index is 13.7. The summed E-state index contributed by atoms with van der Waals surface area (Å²) in [5.41, 5.74) is 0.816. The van der Waals surface area contributed by atoms with Crippen molar-refractivity contribution in [3.63, 3.8) is 0 Å². The molecule has 4 aromatic rings. The number of carbonyl (C=O) groups is 2. The number of rotatable bonds is 11. The molecular weight excluding hydrogens is 554 g/mol. The number of ether oxygens (including phenoxy) is 2. The average Bonchev–Trinajstić information content (AvgIpc) is 3.54. The zero-order chi connectivity index (χ0) is 29.4. The Kier molecular flexibility index (Phi) is 9.15. The van der Waals surface area contributed by atoms with Crippen molar-refractivity contribution in [2.24, 2.45) is 0 Å². The lowest BCUT2D eigenvalue weighted by Crippen LogP contribution is -2.38. The van der Waals surface area contributed by atoms with Gasteiger partial charge < -0.3 is 20.1 Å². The van der Waals surface area contributed by atoms with Gasteiger partial charge in [-0.15, -0.1) is 0 Å². The number of carbonyl (C=O) groups excluding carboxylic acids is 2. The molecule has 1 heterocycles. The van der Waals surface area contributed by atoms with E-state index in [1.54, 1.807) is 66.7 Å². The third kappa shape index (κ3) is 7.15. The number of hydrogen-bond donors (Lipinski definition) is 2. The largest absolute Gasteiger partial charge is 0.457 e. The summed E-state index contributed by atoms with van der Waals surface area (Å²) in [6, 6.07) is 30.1. The molecule has 0 saturated carbocycles. The van der Waals surface area contributed by atoms with Crippen LogP contribution >= 0.6 is 0 Å². The molecule has 0 unspecified atom stereocenters. The van der Waals surface area contributed by atoms with E-state index in [9.17, 15) is 18.0 Å². The Hall–Kier alpha value is -4.67. The highest BCUT2D eigenvalue weighted by molar-refractivity contribution is 7.92. The van der Waals surface area contributed by atoms with Crippen molar-refractivity contribution in [2.75, 3.05) is 29.3 Å². The monoisotopic (exact) mass is 585 g/mol. The second-order valence-electron chi connectivity index (χ2n) is 9.67. The van der Waals surface area contributed by atoms with Crippen LogP contribution in [0, 0.1) is 0 Å². The van der Waals surface area contributed by atoms with Crippen LogP contribution in [0.15, 0.2) is 114 Å². The van der Waals surface area contributed by atoms with Crippen LogP contribution in [0.3, 0.4) is 0 Å². The first-order chi connectivity index (χ1) is 20.4. The molecule has 1 aliphatic heterocycles. The minimum Gasteiger partial charge on any atom is -0.457 e. The van der Waals surface area contributed by atoms with Gasteiger partial charge >= 0.3 is 0 Å². The first-order valence-corrected chi connectivity index (χ1v) is 15.0. The average molecular weight is 586 g/mol. The van der Waals surface area contributed by atoms with Gasteiger partial charge in [-0.25, -0.2) is 8.42 Å². The lowest BCUT2D eigenvalue weighted by Gasteiger charge is -2.24. The van der Waals surface area contributed by atoms with Gasteiger partial charge in [-0.2, -0.15) is 0 Å². The molecule has 0 bridgehead atoms. The predicted molar refractivity (Wildman–Crippen MR) is 160 cm³/mol. The predicted octanol–water partition coefficient (Wildman–Crippen LogP) is 5.22. The van der Waals surface area contributed by atoms with E-state index >= 15 is 0 Å². The minimum atomic E-state index is -4.12. The van der Waals surface area contributed by atoms with E-state index in [0.717, 1.165) is 17.1 Å². The van der Waals surface area contributed by atoms with E-state index in [2.05, 4.69) is 10.6 Å². The molecular formula is C32H31N3O6S. The number of nitrogens with zero attached hydrogens (tertiary/aromatic N) is 1. The van der Waals surface area contributed by atoms with Crippen molar-refractivity contribution in [3.05, 3.63) is 115 Å². The van der Waals surface area contributed by atoms with Crippen LogP contribution in [-0.2, 0) is 19.6 Å². The third-order valence-corrected chi connectivity index (χ3v) is 8.47. The van der Waals surface area contributed by atoms with Crippen LogP contribution < -0.4 is 19.7 Å². The van der Waals surface area contributed by atoms with Gasteiger partial charge in [0.15, 0.2) is 0 Å². The third-order valence-electron chi connectivity index (χ3n) is 6.68. The lowest BCUT2D eigenvalue weighted by molar-refractivity contribution is -0.114. The molecule has 1 fully saturated rings. The fraction of sp³-hybridized carbons (Fsp3) is 0.188. The molecule has 2 amide bonds. The van der Waals surface area contributed by atoms with Crippen LogP contribution in [0.25, 0.3) is 0 Å². The number of nitrogens with one attached hydrogen (secondary N) is 2. The number of amides is 2. The first-order valence-electron chi connectivity index (χ1n) is 13.6. The number of sulfonamides is 1. The smallest absolute Gasteiger partial charge is 0.264 e. The van der Waals surface area contributed by atoms with E-state index < -0.39 is 22.5 Å².